The second kappa shape index (κ2) is 2.64. The second-order valence-corrected chi connectivity index (χ2v) is 4.86. The van der Waals surface area contributed by atoms with Crippen molar-refractivity contribution < 1.29 is 9.59 Å². The van der Waals surface area contributed by atoms with Gasteiger partial charge in [-0.1, -0.05) is 6.07 Å². The molecule has 2 aliphatic heterocycles. The molecule has 0 aliphatic carbocycles. The van der Waals surface area contributed by atoms with Gasteiger partial charge in [0.25, 0.3) is 0 Å². The molecule has 0 saturated carbocycles. The molecule has 4 heteroatoms. The minimum absolute atomic E-state index is 0.0116. The molecule has 82 valence electrons. The minimum atomic E-state index is -0.504. The molecule has 1 aromatic carbocycles. The number of carbonyl (C=O) groups excluding carboxylic acids is 2. The van der Waals surface area contributed by atoms with Crippen LogP contribution in [0.2, 0.25) is 0 Å². The molecule has 2 amide bonds. The Balaban J connectivity index is 2.19. The van der Waals surface area contributed by atoms with Gasteiger partial charge >= 0.3 is 0 Å². The van der Waals surface area contributed by atoms with E-state index < -0.39 is 5.41 Å². The fraction of sp³-hybridized carbons (Fsp3) is 0.333. The van der Waals surface area contributed by atoms with Crippen LogP contribution in [0.5, 0.6) is 0 Å². The number of benzene rings is 1. The van der Waals surface area contributed by atoms with Gasteiger partial charge in [-0.2, -0.15) is 0 Å². The van der Waals surface area contributed by atoms with Crippen molar-refractivity contribution >= 4 is 23.2 Å². The predicted molar refractivity (Wildman–Crippen MR) is 60.4 cm³/mol. The first-order valence-corrected chi connectivity index (χ1v) is 5.27. The quantitative estimate of drug-likeness (QED) is 0.689. The summed E-state index contributed by atoms with van der Waals surface area (Å²) in [7, 11) is 0. The Morgan fingerprint density at radius 1 is 1.12 bits per heavy atom. The first kappa shape index (κ1) is 9.39. The van der Waals surface area contributed by atoms with Crippen LogP contribution < -0.4 is 10.6 Å². The van der Waals surface area contributed by atoms with Crippen LogP contribution in [0.25, 0.3) is 0 Å². The highest BCUT2D eigenvalue weighted by molar-refractivity contribution is 6.08. The monoisotopic (exact) mass is 216 g/mol. The molecule has 0 unspecified atom stereocenters. The largest absolute Gasteiger partial charge is 0.325 e. The molecule has 3 rings (SSSR count). The normalized spacial score (nSPS) is 20.1. The van der Waals surface area contributed by atoms with E-state index in [1.807, 2.05) is 26.0 Å². The molecule has 0 spiro atoms. The summed E-state index contributed by atoms with van der Waals surface area (Å²) in [6.07, 6.45) is 0.410. The predicted octanol–water partition coefficient (Wildman–Crippen LogP) is 1.41. The molecule has 0 radical (unpaired) electrons. The molecule has 16 heavy (non-hydrogen) atoms. The number of anilines is 2. The third-order valence-corrected chi connectivity index (χ3v) is 3.36. The van der Waals surface area contributed by atoms with E-state index in [4.69, 9.17) is 0 Å². The summed E-state index contributed by atoms with van der Waals surface area (Å²) >= 11 is 0. The van der Waals surface area contributed by atoms with Gasteiger partial charge in [0.1, 0.15) is 0 Å². The molecular weight excluding hydrogens is 204 g/mol. The van der Waals surface area contributed by atoms with Gasteiger partial charge in [-0.25, -0.2) is 0 Å². The van der Waals surface area contributed by atoms with Gasteiger partial charge in [-0.3, -0.25) is 9.59 Å². The number of fused-ring (bicyclic) bond motifs is 2. The van der Waals surface area contributed by atoms with Gasteiger partial charge in [0.15, 0.2) is 0 Å². The molecule has 2 N–H and O–H groups in total. The Morgan fingerprint density at radius 2 is 1.88 bits per heavy atom. The van der Waals surface area contributed by atoms with E-state index in [0.717, 1.165) is 22.5 Å². The van der Waals surface area contributed by atoms with Crippen LogP contribution >= 0.6 is 0 Å². The van der Waals surface area contributed by atoms with Crippen molar-refractivity contribution in [3.05, 3.63) is 23.3 Å². The van der Waals surface area contributed by atoms with Gasteiger partial charge in [0.05, 0.1) is 11.8 Å². The van der Waals surface area contributed by atoms with E-state index in [-0.39, 0.29) is 11.8 Å². The molecule has 0 bridgehead atoms. The van der Waals surface area contributed by atoms with Crippen molar-refractivity contribution in [2.24, 2.45) is 0 Å². The maximum absolute atomic E-state index is 11.7. The lowest BCUT2D eigenvalue weighted by Gasteiger charge is -2.15. The van der Waals surface area contributed by atoms with E-state index in [2.05, 4.69) is 10.6 Å². The first-order valence-electron chi connectivity index (χ1n) is 5.27. The SMILES string of the molecule is CC1(C)C(=O)Nc2cc3c(cc21)CC(=O)N3. The Morgan fingerprint density at radius 3 is 2.62 bits per heavy atom. The third-order valence-electron chi connectivity index (χ3n) is 3.36. The van der Waals surface area contributed by atoms with Gasteiger partial charge in [0.2, 0.25) is 11.8 Å². The Bertz CT molecular complexity index is 532. The molecule has 0 atom stereocenters. The lowest BCUT2D eigenvalue weighted by Crippen LogP contribution is -2.26. The van der Waals surface area contributed by atoms with Crippen LogP contribution in [0.3, 0.4) is 0 Å². The van der Waals surface area contributed by atoms with Crippen molar-refractivity contribution in [3.63, 3.8) is 0 Å². The summed E-state index contributed by atoms with van der Waals surface area (Å²) in [5.41, 5.74) is 3.09. The minimum Gasteiger partial charge on any atom is -0.325 e. The van der Waals surface area contributed by atoms with Gasteiger partial charge in [0, 0.05) is 11.4 Å². The zero-order valence-corrected chi connectivity index (χ0v) is 9.18. The Hall–Kier alpha value is -1.84. The maximum Gasteiger partial charge on any atom is 0.234 e. The lowest BCUT2D eigenvalue weighted by atomic mass is 9.85. The Labute approximate surface area is 93.0 Å². The first-order chi connectivity index (χ1) is 7.48. The summed E-state index contributed by atoms with van der Waals surface area (Å²) in [6.45, 7) is 3.79. The van der Waals surface area contributed by atoms with Crippen LogP contribution in [-0.2, 0) is 21.4 Å². The average Bonchev–Trinajstić information content (AvgIpc) is 2.63. The summed E-state index contributed by atoms with van der Waals surface area (Å²) in [6, 6.07) is 3.81. The standard InChI is InChI=1S/C12H12N2O2/c1-12(2)7-3-6-4-10(15)13-8(6)5-9(7)14-11(12)16/h3,5H,4H2,1-2H3,(H,13,15)(H,14,16). The molecular formula is C12H12N2O2. The number of hydrogen-bond acceptors (Lipinski definition) is 2. The number of nitrogens with one attached hydrogen (secondary N) is 2. The highest BCUT2D eigenvalue weighted by Gasteiger charge is 2.39. The van der Waals surface area contributed by atoms with E-state index in [0.29, 0.717) is 6.42 Å². The van der Waals surface area contributed by atoms with E-state index in [1.165, 1.54) is 0 Å². The van der Waals surface area contributed by atoms with Gasteiger partial charge in [-0.05, 0) is 31.0 Å². The number of rotatable bonds is 0. The molecule has 1 aromatic rings. The van der Waals surface area contributed by atoms with Crippen LogP contribution in [0, 0.1) is 0 Å². The number of hydrogen-bond donors (Lipinski definition) is 2. The molecule has 2 heterocycles. The topological polar surface area (TPSA) is 58.2 Å². The van der Waals surface area contributed by atoms with Crippen molar-refractivity contribution in [2.45, 2.75) is 25.7 Å². The van der Waals surface area contributed by atoms with Crippen molar-refractivity contribution in [1.29, 1.82) is 0 Å². The lowest BCUT2D eigenvalue weighted by molar-refractivity contribution is -0.119. The molecule has 4 nitrogen and oxygen atoms in total. The molecule has 2 aliphatic rings. The Kier molecular flexibility index (Phi) is 1.55. The summed E-state index contributed by atoms with van der Waals surface area (Å²) < 4.78 is 0. The van der Waals surface area contributed by atoms with Crippen LogP contribution in [0.15, 0.2) is 12.1 Å². The van der Waals surface area contributed by atoms with Crippen molar-refractivity contribution in [2.75, 3.05) is 10.6 Å². The van der Waals surface area contributed by atoms with Crippen molar-refractivity contribution in [1.82, 2.24) is 0 Å². The van der Waals surface area contributed by atoms with Gasteiger partial charge in [-0.15, -0.1) is 0 Å². The summed E-state index contributed by atoms with van der Waals surface area (Å²) in [5, 5.41) is 5.62. The van der Waals surface area contributed by atoms with Crippen LogP contribution in [0.4, 0.5) is 11.4 Å². The van der Waals surface area contributed by atoms with E-state index in [9.17, 15) is 9.59 Å². The second-order valence-electron chi connectivity index (χ2n) is 4.86. The molecule has 0 aromatic heterocycles. The maximum atomic E-state index is 11.7. The zero-order chi connectivity index (χ0) is 11.5. The van der Waals surface area contributed by atoms with Gasteiger partial charge < -0.3 is 10.6 Å². The number of carbonyl (C=O) groups is 2. The highest BCUT2D eigenvalue weighted by Crippen LogP contribution is 2.41. The highest BCUT2D eigenvalue weighted by atomic mass is 16.2. The molecule has 0 saturated heterocycles. The smallest absolute Gasteiger partial charge is 0.234 e. The van der Waals surface area contributed by atoms with E-state index >= 15 is 0 Å². The number of amides is 2. The fourth-order valence-corrected chi connectivity index (χ4v) is 2.30. The van der Waals surface area contributed by atoms with Crippen LogP contribution in [0.1, 0.15) is 25.0 Å². The van der Waals surface area contributed by atoms with E-state index in [1.54, 1.807) is 0 Å². The summed E-state index contributed by atoms with van der Waals surface area (Å²) in [5.74, 6) is 0.0281. The summed E-state index contributed by atoms with van der Waals surface area (Å²) in [4.78, 5) is 23.0. The third kappa shape index (κ3) is 1.04. The van der Waals surface area contributed by atoms with Crippen LogP contribution in [-0.4, -0.2) is 11.8 Å². The fourth-order valence-electron chi connectivity index (χ4n) is 2.30. The molecule has 0 fully saturated rings. The zero-order valence-electron chi connectivity index (χ0n) is 9.18. The average molecular weight is 216 g/mol. The van der Waals surface area contributed by atoms with Crippen molar-refractivity contribution in [3.8, 4) is 0 Å².